The van der Waals surface area contributed by atoms with Crippen LogP contribution in [0, 0.1) is 11.3 Å². The van der Waals surface area contributed by atoms with Crippen molar-refractivity contribution in [2.75, 3.05) is 30.8 Å². The molecule has 0 amide bonds. The van der Waals surface area contributed by atoms with Gasteiger partial charge < -0.3 is 10.6 Å². The first-order valence-electron chi connectivity index (χ1n) is 12.9. The highest BCUT2D eigenvalue weighted by atomic mass is 15.2. The van der Waals surface area contributed by atoms with E-state index in [9.17, 15) is 0 Å². The summed E-state index contributed by atoms with van der Waals surface area (Å²) in [6.45, 7) is 2.87. The number of pyridine rings is 2. The number of piperidine rings is 1. The Labute approximate surface area is 226 Å². The minimum Gasteiger partial charge on any atom is -0.383 e. The molecule has 10 nitrogen and oxygen atoms in total. The molecule has 4 aromatic heterocycles. The smallest absolute Gasteiger partial charge is 0.234 e. The second-order valence-corrected chi connectivity index (χ2v) is 9.69. The van der Waals surface area contributed by atoms with Crippen LogP contribution in [0.25, 0.3) is 28.2 Å². The zero-order valence-electron chi connectivity index (χ0n) is 21.6. The van der Waals surface area contributed by atoms with E-state index in [1.165, 1.54) is 5.56 Å². The van der Waals surface area contributed by atoms with Gasteiger partial charge >= 0.3 is 0 Å². The molecule has 1 fully saturated rings. The number of hydrogen-bond acceptors (Lipinski definition) is 9. The number of hydrogen-bond donors (Lipinski definition) is 1. The third-order valence-electron chi connectivity index (χ3n) is 7.30. The number of anilines is 2. The number of likely N-dealkylation sites (tertiary alicyclic amines) is 1. The predicted molar refractivity (Wildman–Crippen MR) is 150 cm³/mol. The summed E-state index contributed by atoms with van der Waals surface area (Å²) < 4.78 is 2.04. The normalized spacial score (nSPS) is 14.4. The molecule has 39 heavy (non-hydrogen) atoms. The second kappa shape index (κ2) is 10.5. The van der Waals surface area contributed by atoms with Gasteiger partial charge in [-0.2, -0.15) is 5.26 Å². The Morgan fingerprint density at radius 3 is 2.49 bits per heavy atom. The fourth-order valence-electron chi connectivity index (χ4n) is 5.20. The second-order valence-electron chi connectivity index (χ2n) is 9.69. The Morgan fingerprint density at radius 2 is 1.72 bits per heavy atom. The molecule has 1 saturated heterocycles. The maximum Gasteiger partial charge on any atom is 0.234 e. The first-order valence-corrected chi connectivity index (χ1v) is 12.9. The SMILES string of the molecule is CN(c1ccnc(C#N)n1)C1CCN(Cc2ccc(-n3c(-c4cccnc4N)nc4cccnc43)cc2)CC1. The maximum atomic E-state index is 9.11. The summed E-state index contributed by atoms with van der Waals surface area (Å²) in [5.74, 6) is 2.16. The van der Waals surface area contributed by atoms with Crippen molar-refractivity contribution in [2.24, 2.45) is 0 Å². The molecule has 5 aromatic rings. The summed E-state index contributed by atoms with van der Waals surface area (Å²) >= 11 is 0. The Balaban J connectivity index is 1.17. The largest absolute Gasteiger partial charge is 0.383 e. The van der Waals surface area contributed by atoms with Gasteiger partial charge in [0.1, 0.15) is 23.2 Å². The molecule has 1 aliphatic heterocycles. The number of nitrogens with zero attached hydrogens (tertiary/aromatic N) is 9. The standard InChI is InChI=1S/C29H28N10/c1-37(26-10-15-32-25(18-30)36-26)21-11-16-38(17-12-21)19-20-6-8-22(9-7-20)39-28(23-4-2-13-33-27(23)31)35-24-5-3-14-34-29(24)39/h2-10,13-15,21H,11-12,16-17,19H2,1H3,(H2,31,33). The van der Waals surface area contributed by atoms with Crippen LogP contribution < -0.4 is 10.6 Å². The Morgan fingerprint density at radius 1 is 0.949 bits per heavy atom. The molecule has 5 heterocycles. The van der Waals surface area contributed by atoms with E-state index in [4.69, 9.17) is 16.0 Å². The Hall–Kier alpha value is -4.88. The van der Waals surface area contributed by atoms with Crippen molar-refractivity contribution < 1.29 is 0 Å². The van der Waals surface area contributed by atoms with Gasteiger partial charge in [-0.3, -0.25) is 9.47 Å². The lowest BCUT2D eigenvalue weighted by molar-refractivity contribution is 0.203. The van der Waals surface area contributed by atoms with Crippen LogP contribution in [0.1, 0.15) is 24.2 Å². The summed E-state index contributed by atoms with van der Waals surface area (Å²) in [6.07, 6.45) is 7.17. The van der Waals surface area contributed by atoms with Crippen LogP contribution in [0.4, 0.5) is 11.6 Å². The van der Waals surface area contributed by atoms with Crippen LogP contribution in [0.5, 0.6) is 0 Å². The van der Waals surface area contributed by atoms with Gasteiger partial charge in [-0.15, -0.1) is 0 Å². The molecule has 0 atom stereocenters. The minimum atomic E-state index is 0.204. The summed E-state index contributed by atoms with van der Waals surface area (Å²) in [7, 11) is 2.05. The lowest BCUT2D eigenvalue weighted by Crippen LogP contribution is -2.43. The number of imidazole rings is 1. The van der Waals surface area contributed by atoms with Crippen LogP contribution in [0.3, 0.4) is 0 Å². The first kappa shape index (κ1) is 24.5. The highest BCUT2D eigenvalue weighted by Crippen LogP contribution is 2.30. The van der Waals surface area contributed by atoms with Crippen LogP contribution in [0.15, 0.2) is 73.2 Å². The zero-order chi connectivity index (χ0) is 26.8. The maximum absolute atomic E-state index is 9.11. The van der Waals surface area contributed by atoms with Crippen molar-refractivity contribution in [3.05, 3.63) is 84.6 Å². The van der Waals surface area contributed by atoms with Crippen LogP contribution in [-0.4, -0.2) is 60.6 Å². The lowest BCUT2D eigenvalue weighted by atomic mass is 10.0. The molecule has 0 spiro atoms. The summed E-state index contributed by atoms with van der Waals surface area (Å²) in [6, 6.07) is 20.5. The van der Waals surface area contributed by atoms with Gasteiger partial charge in [-0.25, -0.2) is 24.9 Å². The molecular weight excluding hydrogens is 488 g/mol. The fraction of sp³-hybridized carbons (Fsp3) is 0.241. The van der Waals surface area contributed by atoms with Crippen LogP contribution in [-0.2, 0) is 6.54 Å². The van der Waals surface area contributed by atoms with Crippen molar-refractivity contribution in [3.8, 4) is 23.1 Å². The molecule has 194 valence electrons. The molecule has 0 radical (unpaired) electrons. The zero-order valence-corrected chi connectivity index (χ0v) is 21.6. The monoisotopic (exact) mass is 516 g/mol. The predicted octanol–water partition coefficient (Wildman–Crippen LogP) is 3.83. The topological polar surface area (TPSA) is 126 Å². The first-order chi connectivity index (χ1) is 19.1. The average Bonchev–Trinajstić information content (AvgIpc) is 3.37. The molecule has 1 aromatic carbocycles. The summed E-state index contributed by atoms with van der Waals surface area (Å²) in [5.41, 5.74) is 10.8. The van der Waals surface area contributed by atoms with E-state index in [1.807, 2.05) is 48.0 Å². The lowest BCUT2D eigenvalue weighted by Gasteiger charge is -2.37. The van der Waals surface area contributed by atoms with Gasteiger partial charge in [0.05, 0.1) is 5.56 Å². The number of benzene rings is 1. The van der Waals surface area contributed by atoms with Gasteiger partial charge in [-0.1, -0.05) is 12.1 Å². The number of rotatable bonds is 6. The van der Waals surface area contributed by atoms with Gasteiger partial charge in [0.25, 0.3) is 0 Å². The van der Waals surface area contributed by atoms with E-state index in [0.717, 1.165) is 66.5 Å². The molecule has 1 aliphatic rings. The molecule has 0 saturated carbocycles. The summed E-state index contributed by atoms with van der Waals surface area (Å²) in [4.78, 5) is 26.7. The van der Waals surface area contributed by atoms with Crippen molar-refractivity contribution >= 4 is 22.8 Å². The van der Waals surface area contributed by atoms with Gasteiger partial charge in [0.2, 0.25) is 5.82 Å². The molecule has 0 aliphatic carbocycles. The van der Waals surface area contributed by atoms with E-state index in [1.54, 1.807) is 18.6 Å². The van der Waals surface area contributed by atoms with Crippen molar-refractivity contribution in [1.29, 1.82) is 5.26 Å². The number of aromatic nitrogens is 6. The van der Waals surface area contributed by atoms with E-state index >= 15 is 0 Å². The van der Waals surface area contributed by atoms with Crippen molar-refractivity contribution in [2.45, 2.75) is 25.4 Å². The van der Waals surface area contributed by atoms with E-state index in [0.29, 0.717) is 11.9 Å². The number of fused-ring (bicyclic) bond motifs is 1. The van der Waals surface area contributed by atoms with Crippen LogP contribution >= 0.6 is 0 Å². The minimum absolute atomic E-state index is 0.204. The third-order valence-corrected chi connectivity index (χ3v) is 7.30. The number of nitrogen functional groups attached to an aromatic ring is 1. The van der Waals surface area contributed by atoms with E-state index < -0.39 is 0 Å². The van der Waals surface area contributed by atoms with Gasteiger partial charge in [0, 0.05) is 57.0 Å². The molecule has 6 rings (SSSR count). The highest BCUT2D eigenvalue weighted by molar-refractivity contribution is 5.82. The van der Waals surface area contributed by atoms with Gasteiger partial charge in [0.15, 0.2) is 11.5 Å². The summed E-state index contributed by atoms with van der Waals surface area (Å²) in [5, 5.41) is 9.11. The fourth-order valence-corrected chi connectivity index (χ4v) is 5.20. The van der Waals surface area contributed by atoms with Crippen molar-refractivity contribution in [3.63, 3.8) is 0 Å². The van der Waals surface area contributed by atoms with E-state index in [2.05, 4.69) is 54.0 Å². The molecular formula is C29H28N10. The molecule has 2 N–H and O–H groups in total. The van der Waals surface area contributed by atoms with Crippen molar-refractivity contribution in [1.82, 2.24) is 34.4 Å². The van der Waals surface area contributed by atoms with Gasteiger partial charge in [-0.05, 0) is 60.9 Å². The quantitative estimate of drug-likeness (QED) is 0.358. The Bertz CT molecular complexity index is 1650. The van der Waals surface area contributed by atoms with E-state index in [-0.39, 0.29) is 5.82 Å². The number of nitrogens with two attached hydrogens (primary N) is 1. The molecule has 0 unspecified atom stereocenters. The highest BCUT2D eigenvalue weighted by Gasteiger charge is 2.24. The molecule has 0 bridgehead atoms. The Kier molecular flexibility index (Phi) is 6.57. The molecule has 10 heteroatoms. The number of nitriles is 1. The third kappa shape index (κ3) is 4.87. The average molecular weight is 517 g/mol. The van der Waals surface area contributed by atoms with Crippen LogP contribution in [0.2, 0.25) is 0 Å².